The molecule has 0 fully saturated rings. The third-order valence-corrected chi connectivity index (χ3v) is 3.96. The molecule has 0 aliphatic carbocycles. The average Bonchev–Trinajstić information content (AvgIpc) is 2.68. The van der Waals surface area contributed by atoms with Crippen LogP contribution in [0.4, 0.5) is 10.6 Å². The molecule has 31 heavy (non-hydrogen) atoms. The van der Waals surface area contributed by atoms with Gasteiger partial charge in [-0.25, -0.2) is 14.8 Å². The molecule has 2 N–H and O–H groups in total. The lowest BCUT2D eigenvalue weighted by Crippen LogP contribution is -2.43. The number of nitrogens with zero attached hydrogens (tertiary/aromatic N) is 3. The summed E-state index contributed by atoms with van der Waals surface area (Å²) >= 11 is 0. The van der Waals surface area contributed by atoms with Crippen LogP contribution in [-0.4, -0.2) is 58.6 Å². The van der Waals surface area contributed by atoms with Crippen LogP contribution in [-0.2, 0) is 9.53 Å². The molecule has 0 atom stereocenters. The summed E-state index contributed by atoms with van der Waals surface area (Å²) in [5, 5.41) is 6.11. The van der Waals surface area contributed by atoms with Crippen molar-refractivity contribution in [2.24, 2.45) is 0 Å². The van der Waals surface area contributed by atoms with Crippen LogP contribution in [0.5, 0.6) is 0 Å². The van der Waals surface area contributed by atoms with E-state index in [4.69, 9.17) is 4.74 Å². The minimum absolute atomic E-state index is 0.0123. The van der Waals surface area contributed by atoms with E-state index in [1.807, 2.05) is 34.6 Å². The third-order valence-electron chi connectivity index (χ3n) is 3.96. The lowest BCUT2D eigenvalue weighted by molar-refractivity contribution is -0.122. The highest BCUT2D eigenvalue weighted by Gasteiger charge is 2.23. The standard InChI is InChI=1S/C23H37N5O3/c1-7-13-25-21-19(16-26-18(3)27-21)12-10-9-11-14-24-20(29)17-28(15-8-2)22(30)31-23(4,5)6/h16H,7-9,11,13-15,17H2,1-6H3,(H,24,29)(H,25,26,27). The van der Waals surface area contributed by atoms with Crippen molar-refractivity contribution in [2.75, 3.05) is 31.5 Å². The van der Waals surface area contributed by atoms with Crippen molar-refractivity contribution >= 4 is 17.8 Å². The second-order valence-corrected chi connectivity index (χ2v) is 8.26. The Labute approximate surface area is 186 Å². The van der Waals surface area contributed by atoms with Gasteiger partial charge in [-0.15, -0.1) is 0 Å². The zero-order valence-corrected chi connectivity index (χ0v) is 19.8. The number of rotatable bonds is 10. The topological polar surface area (TPSA) is 96.5 Å². The number of hydrogen-bond donors (Lipinski definition) is 2. The van der Waals surface area contributed by atoms with Gasteiger partial charge in [0.1, 0.15) is 23.8 Å². The largest absolute Gasteiger partial charge is 0.444 e. The van der Waals surface area contributed by atoms with E-state index in [0.717, 1.165) is 30.8 Å². The van der Waals surface area contributed by atoms with Gasteiger partial charge in [0, 0.05) is 32.3 Å². The molecule has 0 aliphatic rings. The molecule has 0 saturated carbocycles. The molecule has 172 valence electrons. The van der Waals surface area contributed by atoms with Crippen molar-refractivity contribution in [2.45, 2.75) is 72.8 Å². The zero-order chi connectivity index (χ0) is 23.3. The fourth-order valence-corrected chi connectivity index (χ4v) is 2.56. The molecule has 0 aromatic carbocycles. The van der Waals surface area contributed by atoms with Crippen molar-refractivity contribution in [3.63, 3.8) is 0 Å². The average molecular weight is 432 g/mol. The molecule has 0 saturated heterocycles. The van der Waals surface area contributed by atoms with Gasteiger partial charge in [-0.05, 0) is 47.0 Å². The van der Waals surface area contributed by atoms with Gasteiger partial charge in [-0.1, -0.05) is 25.7 Å². The number of carbonyl (C=O) groups excluding carboxylic acids is 2. The predicted octanol–water partition coefficient (Wildman–Crippen LogP) is 3.50. The van der Waals surface area contributed by atoms with E-state index in [-0.39, 0.29) is 12.5 Å². The van der Waals surface area contributed by atoms with Crippen LogP contribution in [0.2, 0.25) is 0 Å². The number of anilines is 1. The predicted molar refractivity (Wildman–Crippen MR) is 123 cm³/mol. The van der Waals surface area contributed by atoms with Crippen molar-refractivity contribution in [1.82, 2.24) is 20.2 Å². The Morgan fingerprint density at radius 3 is 2.58 bits per heavy atom. The van der Waals surface area contributed by atoms with Gasteiger partial charge in [0.15, 0.2) is 0 Å². The lowest BCUT2D eigenvalue weighted by Gasteiger charge is -2.26. The summed E-state index contributed by atoms with van der Waals surface area (Å²) in [6, 6.07) is 0. The molecular formula is C23H37N5O3. The Bertz CT molecular complexity index is 778. The van der Waals surface area contributed by atoms with Crippen LogP contribution in [0, 0.1) is 18.8 Å². The summed E-state index contributed by atoms with van der Waals surface area (Å²) in [7, 11) is 0. The number of hydrogen-bond acceptors (Lipinski definition) is 6. The molecule has 1 rings (SSSR count). The first kappa shape index (κ1) is 26.2. The first-order valence-electron chi connectivity index (χ1n) is 11.0. The maximum Gasteiger partial charge on any atom is 0.410 e. The van der Waals surface area contributed by atoms with Crippen LogP contribution >= 0.6 is 0 Å². The van der Waals surface area contributed by atoms with Crippen LogP contribution < -0.4 is 10.6 Å². The van der Waals surface area contributed by atoms with Crippen molar-refractivity contribution in [3.8, 4) is 11.8 Å². The van der Waals surface area contributed by atoms with Gasteiger partial charge in [-0.3, -0.25) is 9.69 Å². The summed E-state index contributed by atoms with van der Waals surface area (Å²) in [6.45, 7) is 13.1. The third kappa shape index (κ3) is 11.2. The van der Waals surface area contributed by atoms with Crippen molar-refractivity contribution in [1.29, 1.82) is 0 Å². The maximum absolute atomic E-state index is 12.2. The van der Waals surface area contributed by atoms with Gasteiger partial charge in [0.05, 0.1) is 5.56 Å². The van der Waals surface area contributed by atoms with Crippen LogP contribution in [0.25, 0.3) is 0 Å². The lowest BCUT2D eigenvalue weighted by atomic mass is 10.2. The zero-order valence-electron chi connectivity index (χ0n) is 19.8. The number of unbranched alkanes of at least 4 members (excludes halogenated alkanes) is 1. The summed E-state index contributed by atoms with van der Waals surface area (Å²) in [5.74, 6) is 7.47. The summed E-state index contributed by atoms with van der Waals surface area (Å²) in [5.41, 5.74) is 0.183. The number of aromatic nitrogens is 2. The first-order valence-corrected chi connectivity index (χ1v) is 11.0. The number of ether oxygens (including phenoxy) is 1. The Hall–Kier alpha value is -2.82. The van der Waals surface area contributed by atoms with Crippen LogP contribution in [0.15, 0.2) is 6.20 Å². The normalized spacial score (nSPS) is 10.6. The molecule has 8 heteroatoms. The highest BCUT2D eigenvalue weighted by Crippen LogP contribution is 2.11. The molecule has 8 nitrogen and oxygen atoms in total. The Morgan fingerprint density at radius 1 is 1.19 bits per heavy atom. The minimum Gasteiger partial charge on any atom is -0.444 e. The van der Waals surface area contributed by atoms with E-state index in [9.17, 15) is 9.59 Å². The number of amides is 2. The molecule has 1 aromatic heterocycles. The van der Waals surface area contributed by atoms with E-state index in [1.165, 1.54) is 4.90 Å². The summed E-state index contributed by atoms with van der Waals surface area (Å²) < 4.78 is 5.37. The molecule has 0 aliphatic heterocycles. The SMILES string of the molecule is CCCNc1nc(C)ncc1C#CCCCNC(=O)CN(CCC)C(=O)OC(C)(C)C. The summed E-state index contributed by atoms with van der Waals surface area (Å²) in [6.07, 6.45) is 4.35. The van der Waals surface area contributed by atoms with E-state index < -0.39 is 11.7 Å². The van der Waals surface area contributed by atoms with Gasteiger partial charge in [-0.2, -0.15) is 0 Å². The van der Waals surface area contributed by atoms with Crippen LogP contribution in [0.1, 0.15) is 71.7 Å². The number of nitrogens with one attached hydrogen (secondary N) is 2. The highest BCUT2D eigenvalue weighted by molar-refractivity contribution is 5.82. The molecule has 0 bridgehead atoms. The fourth-order valence-electron chi connectivity index (χ4n) is 2.56. The summed E-state index contributed by atoms with van der Waals surface area (Å²) in [4.78, 5) is 34.5. The molecule has 0 spiro atoms. The van der Waals surface area contributed by atoms with Gasteiger partial charge >= 0.3 is 6.09 Å². The van der Waals surface area contributed by atoms with Gasteiger partial charge in [0.25, 0.3) is 0 Å². The Morgan fingerprint density at radius 2 is 1.94 bits per heavy atom. The Balaban J connectivity index is 2.46. The second kappa shape index (κ2) is 13.5. The monoisotopic (exact) mass is 431 g/mol. The van der Waals surface area contributed by atoms with E-state index in [0.29, 0.717) is 31.8 Å². The molecule has 2 amide bonds. The Kier molecular flexibility index (Phi) is 11.4. The highest BCUT2D eigenvalue weighted by atomic mass is 16.6. The van der Waals surface area contributed by atoms with Gasteiger partial charge < -0.3 is 15.4 Å². The maximum atomic E-state index is 12.2. The molecule has 0 unspecified atom stereocenters. The fraction of sp³-hybridized carbons (Fsp3) is 0.652. The molecule has 1 aromatic rings. The van der Waals surface area contributed by atoms with Crippen LogP contribution in [0.3, 0.4) is 0 Å². The van der Waals surface area contributed by atoms with E-state index in [2.05, 4.69) is 39.4 Å². The molecular weight excluding hydrogens is 394 g/mol. The first-order chi connectivity index (χ1) is 14.7. The smallest absolute Gasteiger partial charge is 0.410 e. The van der Waals surface area contributed by atoms with Crippen molar-refractivity contribution in [3.05, 3.63) is 17.6 Å². The quantitative estimate of drug-likeness (QED) is 0.435. The number of aryl methyl sites for hydroxylation is 1. The van der Waals surface area contributed by atoms with E-state index in [1.54, 1.807) is 6.20 Å². The van der Waals surface area contributed by atoms with Crippen molar-refractivity contribution < 1.29 is 14.3 Å². The molecule has 0 radical (unpaired) electrons. The van der Waals surface area contributed by atoms with Gasteiger partial charge in [0.2, 0.25) is 5.91 Å². The van der Waals surface area contributed by atoms with E-state index >= 15 is 0 Å². The minimum atomic E-state index is -0.591. The molecule has 1 heterocycles. The second-order valence-electron chi connectivity index (χ2n) is 8.26. The number of carbonyl (C=O) groups is 2.